The number of likely N-dealkylation sites (tertiary alicyclic amines) is 1. The number of aryl methyl sites for hydroxylation is 2. The summed E-state index contributed by atoms with van der Waals surface area (Å²) in [6.07, 6.45) is 2.14. The zero-order valence-corrected chi connectivity index (χ0v) is 12.7. The lowest BCUT2D eigenvalue weighted by Crippen LogP contribution is -2.23. The molecule has 2 atom stereocenters. The van der Waals surface area contributed by atoms with Gasteiger partial charge in [0.1, 0.15) is 0 Å². The van der Waals surface area contributed by atoms with Crippen LogP contribution in [-0.2, 0) is 18.3 Å². The third-order valence-corrected chi connectivity index (χ3v) is 3.98. The molecular weight excluding hydrogens is 266 g/mol. The highest BCUT2D eigenvalue weighted by Gasteiger charge is 2.35. The zero-order chi connectivity index (χ0) is 14.8. The number of pyridine rings is 1. The third-order valence-electron chi connectivity index (χ3n) is 3.98. The van der Waals surface area contributed by atoms with Crippen molar-refractivity contribution in [2.75, 3.05) is 20.2 Å². The molecule has 1 aliphatic rings. The summed E-state index contributed by atoms with van der Waals surface area (Å²) < 4.78 is 7.38. The molecule has 1 saturated heterocycles. The van der Waals surface area contributed by atoms with Crippen LogP contribution < -0.4 is 0 Å². The van der Waals surface area contributed by atoms with Gasteiger partial charge in [0.25, 0.3) is 0 Å². The van der Waals surface area contributed by atoms with Crippen LogP contribution in [0.3, 0.4) is 0 Å². The van der Waals surface area contributed by atoms with E-state index in [0.29, 0.717) is 0 Å². The number of nitrogens with zero attached hydrogens (tertiary/aromatic N) is 5. The Labute approximate surface area is 124 Å². The molecule has 0 aliphatic carbocycles. The molecule has 0 amide bonds. The molecule has 3 rings (SSSR count). The molecule has 0 radical (unpaired) electrons. The molecule has 0 unspecified atom stereocenters. The van der Waals surface area contributed by atoms with Crippen LogP contribution in [0.15, 0.2) is 24.4 Å². The van der Waals surface area contributed by atoms with Crippen molar-refractivity contribution in [2.45, 2.75) is 25.5 Å². The van der Waals surface area contributed by atoms with Gasteiger partial charge >= 0.3 is 0 Å². The van der Waals surface area contributed by atoms with E-state index in [9.17, 15) is 0 Å². The smallest absolute Gasteiger partial charge is 0.0897 e. The Bertz CT molecular complexity index is 612. The number of methoxy groups -OCH3 is 1. The van der Waals surface area contributed by atoms with E-state index in [1.54, 1.807) is 11.8 Å². The molecule has 21 heavy (non-hydrogen) atoms. The summed E-state index contributed by atoms with van der Waals surface area (Å²) in [5.41, 5.74) is 3.16. The highest BCUT2D eigenvalue weighted by molar-refractivity contribution is 5.13. The van der Waals surface area contributed by atoms with Gasteiger partial charge in [0.15, 0.2) is 0 Å². The third kappa shape index (κ3) is 3.11. The van der Waals surface area contributed by atoms with Crippen LogP contribution in [0, 0.1) is 6.92 Å². The van der Waals surface area contributed by atoms with Crippen molar-refractivity contribution in [3.8, 4) is 0 Å². The van der Waals surface area contributed by atoms with E-state index in [1.807, 2.05) is 26.2 Å². The highest BCUT2D eigenvalue weighted by Crippen LogP contribution is 2.28. The van der Waals surface area contributed by atoms with Gasteiger partial charge in [0, 0.05) is 51.6 Å². The topological polar surface area (TPSA) is 56.1 Å². The number of aromatic nitrogens is 4. The second-order valence-corrected chi connectivity index (χ2v) is 5.66. The van der Waals surface area contributed by atoms with Crippen molar-refractivity contribution in [3.63, 3.8) is 0 Å². The Balaban J connectivity index is 1.72. The highest BCUT2D eigenvalue weighted by atomic mass is 16.5. The summed E-state index contributed by atoms with van der Waals surface area (Å²) in [5.74, 6) is 0.272. The average molecular weight is 287 g/mol. The molecular formula is C15H21N5O. The molecule has 1 fully saturated rings. The Morgan fingerprint density at radius 3 is 2.86 bits per heavy atom. The minimum Gasteiger partial charge on any atom is -0.379 e. The van der Waals surface area contributed by atoms with Crippen molar-refractivity contribution < 1.29 is 4.74 Å². The summed E-state index contributed by atoms with van der Waals surface area (Å²) in [7, 11) is 3.66. The molecule has 112 valence electrons. The molecule has 1 aliphatic heterocycles. The molecule has 6 nitrogen and oxygen atoms in total. The Morgan fingerprint density at radius 1 is 1.33 bits per heavy atom. The van der Waals surface area contributed by atoms with Gasteiger partial charge in [-0.25, -0.2) is 0 Å². The SMILES string of the molecule is CO[C@@H]1CN(Cc2cccc(C)n2)C[C@H]1c1cn(C)nn1. The fourth-order valence-electron chi connectivity index (χ4n) is 2.96. The first-order valence-electron chi connectivity index (χ1n) is 7.19. The van der Waals surface area contributed by atoms with E-state index in [2.05, 4.69) is 32.3 Å². The van der Waals surface area contributed by atoms with E-state index in [-0.39, 0.29) is 12.0 Å². The van der Waals surface area contributed by atoms with Gasteiger partial charge in [-0.15, -0.1) is 5.10 Å². The second kappa shape index (κ2) is 5.91. The number of hydrogen-bond acceptors (Lipinski definition) is 5. The van der Waals surface area contributed by atoms with Gasteiger partial charge in [-0.3, -0.25) is 14.6 Å². The molecule has 2 aromatic heterocycles. The molecule has 0 bridgehead atoms. The number of rotatable bonds is 4. The van der Waals surface area contributed by atoms with E-state index in [1.165, 1.54) is 0 Å². The van der Waals surface area contributed by atoms with Crippen molar-refractivity contribution in [2.24, 2.45) is 7.05 Å². The van der Waals surface area contributed by atoms with Crippen LogP contribution in [0.25, 0.3) is 0 Å². The predicted molar refractivity (Wildman–Crippen MR) is 78.8 cm³/mol. The fraction of sp³-hybridized carbons (Fsp3) is 0.533. The first-order chi connectivity index (χ1) is 10.2. The van der Waals surface area contributed by atoms with Crippen LogP contribution in [0.5, 0.6) is 0 Å². The van der Waals surface area contributed by atoms with Gasteiger partial charge in [-0.05, 0) is 19.1 Å². The average Bonchev–Trinajstić information content (AvgIpc) is 3.05. The second-order valence-electron chi connectivity index (χ2n) is 5.66. The maximum absolute atomic E-state index is 5.64. The lowest BCUT2D eigenvalue weighted by molar-refractivity contribution is 0.0956. The summed E-state index contributed by atoms with van der Waals surface area (Å²) >= 11 is 0. The number of hydrogen-bond donors (Lipinski definition) is 0. The Kier molecular flexibility index (Phi) is 3.98. The van der Waals surface area contributed by atoms with E-state index < -0.39 is 0 Å². The largest absolute Gasteiger partial charge is 0.379 e. The Hall–Kier alpha value is -1.79. The van der Waals surface area contributed by atoms with Crippen LogP contribution in [0.4, 0.5) is 0 Å². The monoisotopic (exact) mass is 287 g/mol. The van der Waals surface area contributed by atoms with Crippen LogP contribution in [-0.4, -0.2) is 51.2 Å². The molecule has 2 aromatic rings. The summed E-state index contributed by atoms with van der Waals surface area (Å²) in [6, 6.07) is 6.15. The van der Waals surface area contributed by atoms with E-state index in [0.717, 1.165) is 36.7 Å². The van der Waals surface area contributed by atoms with Gasteiger partial charge in [-0.2, -0.15) is 0 Å². The zero-order valence-electron chi connectivity index (χ0n) is 12.7. The standard InChI is InChI=1S/C15H21N5O/c1-11-5-4-6-12(16-11)7-20-8-13(15(10-20)21-3)14-9-19(2)18-17-14/h4-6,9,13,15H,7-8,10H2,1-3H3/t13-,15+/m0/s1. The van der Waals surface area contributed by atoms with Crippen molar-refractivity contribution in [3.05, 3.63) is 41.5 Å². The molecule has 3 heterocycles. The lowest BCUT2D eigenvalue weighted by atomic mass is 10.0. The fourth-order valence-corrected chi connectivity index (χ4v) is 2.96. The van der Waals surface area contributed by atoms with E-state index >= 15 is 0 Å². The first kappa shape index (κ1) is 14.2. The molecule has 0 N–H and O–H groups in total. The van der Waals surface area contributed by atoms with Crippen LogP contribution >= 0.6 is 0 Å². The molecule has 6 heteroatoms. The van der Waals surface area contributed by atoms with E-state index in [4.69, 9.17) is 4.74 Å². The Morgan fingerprint density at radius 2 is 2.19 bits per heavy atom. The summed E-state index contributed by atoms with van der Waals surface area (Å²) in [5, 5.41) is 8.27. The summed E-state index contributed by atoms with van der Waals surface area (Å²) in [4.78, 5) is 6.95. The summed E-state index contributed by atoms with van der Waals surface area (Å²) in [6.45, 7) is 4.69. The van der Waals surface area contributed by atoms with Gasteiger partial charge in [0.2, 0.25) is 0 Å². The van der Waals surface area contributed by atoms with Crippen LogP contribution in [0.2, 0.25) is 0 Å². The maximum Gasteiger partial charge on any atom is 0.0897 e. The van der Waals surface area contributed by atoms with Gasteiger partial charge < -0.3 is 4.74 Å². The predicted octanol–water partition coefficient (Wildman–Crippen LogP) is 1.13. The van der Waals surface area contributed by atoms with Gasteiger partial charge in [0.05, 0.1) is 17.5 Å². The van der Waals surface area contributed by atoms with Crippen molar-refractivity contribution in [1.29, 1.82) is 0 Å². The van der Waals surface area contributed by atoms with Crippen molar-refractivity contribution in [1.82, 2.24) is 24.9 Å². The quantitative estimate of drug-likeness (QED) is 0.844. The number of ether oxygens (including phenoxy) is 1. The lowest BCUT2D eigenvalue weighted by Gasteiger charge is -2.14. The minimum absolute atomic E-state index is 0.159. The van der Waals surface area contributed by atoms with Crippen molar-refractivity contribution >= 4 is 0 Å². The normalized spacial score (nSPS) is 22.8. The van der Waals surface area contributed by atoms with Gasteiger partial charge in [-0.1, -0.05) is 11.3 Å². The minimum atomic E-state index is 0.159. The molecule has 0 spiro atoms. The first-order valence-corrected chi connectivity index (χ1v) is 7.19. The molecule has 0 saturated carbocycles. The maximum atomic E-state index is 5.64. The van der Waals surface area contributed by atoms with Crippen LogP contribution in [0.1, 0.15) is 23.0 Å². The molecule has 0 aromatic carbocycles.